The molecule has 2 rings (SSSR count). The van der Waals surface area contributed by atoms with Crippen LogP contribution >= 0.6 is 0 Å². The summed E-state index contributed by atoms with van der Waals surface area (Å²) in [6, 6.07) is 0. The van der Waals surface area contributed by atoms with Gasteiger partial charge in [-0.1, -0.05) is 19.3 Å². The van der Waals surface area contributed by atoms with E-state index in [1.807, 2.05) is 0 Å². The number of hydrogen-bond donors (Lipinski definition) is 2. The molecular formula is C11H18N2. The number of fused-ring (bicyclic) bond motifs is 1. The van der Waals surface area contributed by atoms with Gasteiger partial charge < -0.3 is 10.8 Å². The first-order valence-electron chi connectivity index (χ1n) is 5.42. The van der Waals surface area contributed by atoms with Crippen LogP contribution in [0.2, 0.25) is 0 Å². The minimum absolute atomic E-state index is 0.604. The normalized spacial score (nSPS) is 35.4. The second-order valence-corrected chi connectivity index (χ2v) is 4.52. The zero-order valence-electron chi connectivity index (χ0n) is 8.10. The molecule has 0 aromatic rings. The molecule has 0 aromatic heterocycles. The summed E-state index contributed by atoms with van der Waals surface area (Å²) in [6.07, 6.45) is 8.18. The van der Waals surface area contributed by atoms with Crippen molar-refractivity contribution in [1.29, 1.82) is 10.8 Å². The fourth-order valence-electron chi connectivity index (χ4n) is 2.34. The molecule has 0 spiro atoms. The number of hydrogen-bond acceptors (Lipinski definition) is 2. The molecule has 0 saturated heterocycles. The predicted octanol–water partition coefficient (Wildman–Crippen LogP) is 3.02. The Morgan fingerprint density at radius 3 is 2.62 bits per heavy atom. The first-order chi connectivity index (χ1) is 6.27. The van der Waals surface area contributed by atoms with Crippen molar-refractivity contribution in [2.45, 2.75) is 44.9 Å². The van der Waals surface area contributed by atoms with Crippen molar-refractivity contribution < 1.29 is 0 Å². The molecule has 0 aromatic carbocycles. The highest BCUT2D eigenvalue weighted by Gasteiger charge is 2.37. The van der Waals surface area contributed by atoms with E-state index < -0.39 is 0 Å². The van der Waals surface area contributed by atoms with Crippen LogP contribution < -0.4 is 0 Å². The Hall–Kier alpha value is -0.660. The Balaban J connectivity index is 1.93. The minimum Gasteiger partial charge on any atom is -0.303 e. The lowest BCUT2D eigenvalue weighted by molar-refractivity contribution is 0.577. The van der Waals surface area contributed by atoms with Crippen LogP contribution in [0.1, 0.15) is 44.9 Å². The Morgan fingerprint density at radius 2 is 1.77 bits per heavy atom. The Bertz CT molecular complexity index is 232. The SMILES string of the molecule is N=C1CCCCCC2CC2CC1=N. The van der Waals surface area contributed by atoms with Crippen LogP contribution in [-0.4, -0.2) is 11.4 Å². The molecule has 2 unspecified atom stereocenters. The maximum Gasteiger partial charge on any atom is 0.0524 e. The van der Waals surface area contributed by atoms with Gasteiger partial charge in [0.15, 0.2) is 0 Å². The van der Waals surface area contributed by atoms with Crippen molar-refractivity contribution in [1.82, 2.24) is 0 Å². The third-order valence-corrected chi connectivity index (χ3v) is 3.40. The molecule has 0 radical (unpaired) electrons. The van der Waals surface area contributed by atoms with E-state index in [4.69, 9.17) is 10.8 Å². The van der Waals surface area contributed by atoms with Crippen LogP contribution in [0, 0.1) is 22.7 Å². The van der Waals surface area contributed by atoms with Gasteiger partial charge in [-0.05, 0) is 37.5 Å². The van der Waals surface area contributed by atoms with Crippen LogP contribution in [0.15, 0.2) is 0 Å². The van der Waals surface area contributed by atoms with Gasteiger partial charge in [-0.2, -0.15) is 0 Å². The monoisotopic (exact) mass is 178 g/mol. The van der Waals surface area contributed by atoms with E-state index in [0.29, 0.717) is 11.4 Å². The van der Waals surface area contributed by atoms with E-state index in [2.05, 4.69) is 0 Å². The lowest BCUT2D eigenvalue weighted by Gasteiger charge is -2.08. The molecule has 0 amide bonds. The summed E-state index contributed by atoms with van der Waals surface area (Å²) in [5.41, 5.74) is 1.22. The standard InChI is InChI=1S/C11H18N2/c12-10-5-3-1-2-4-8-6-9(8)7-11(10)13/h8-9,12-13H,1-7H2. The highest BCUT2D eigenvalue weighted by Crippen LogP contribution is 2.45. The molecule has 2 saturated carbocycles. The smallest absolute Gasteiger partial charge is 0.0524 e. The molecule has 2 fully saturated rings. The lowest BCUT2D eigenvalue weighted by Crippen LogP contribution is -2.13. The average Bonchev–Trinajstić information content (AvgIpc) is 2.82. The Morgan fingerprint density at radius 1 is 0.923 bits per heavy atom. The van der Waals surface area contributed by atoms with Gasteiger partial charge in [-0.3, -0.25) is 0 Å². The molecule has 0 bridgehead atoms. The van der Waals surface area contributed by atoms with Crippen LogP contribution in [0.3, 0.4) is 0 Å². The minimum atomic E-state index is 0.604. The van der Waals surface area contributed by atoms with Crippen molar-refractivity contribution in [3.63, 3.8) is 0 Å². The van der Waals surface area contributed by atoms with Gasteiger partial charge in [0.05, 0.1) is 11.4 Å². The lowest BCUT2D eigenvalue weighted by atomic mass is 9.98. The molecule has 72 valence electrons. The topological polar surface area (TPSA) is 47.7 Å². The quantitative estimate of drug-likeness (QED) is 0.573. The summed E-state index contributed by atoms with van der Waals surface area (Å²) < 4.78 is 0. The second-order valence-electron chi connectivity index (χ2n) is 4.52. The van der Waals surface area contributed by atoms with Crippen molar-refractivity contribution in [3.05, 3.63) is 0 Å². The fraction of sp³-hybridized carbons (Fsp3) is 0.818. The molecule has 2 aliphatic carbocycles. The maximum absolute atomic E-state index is 7.73. The summed E-state index contributed by atoms with van der Waals surface area (Å²) in [7, 11) is 0. The van der Waals surface area contributed by atoms with E-state index in [-0.39, 0.29) is 0 Å². The van der Waals surface area contributed by atoms with Gasteiger partial charge in [0.1, 0.15) is 0 Å². The van der Waals surface area contributed by atoms with Gasteiger partial charge >= 0.3 is 0 Å². The third kappa shape index (κ3) is 2.17. The summed E-state index contributed by atoms with van der Waals surface area (Å²) in [5, 5.41) is 15.4. The molecule has 2 atom stereocenters. The fourth-order valence-corrected chi connectivity index (χ4v) is 2.34. The van der Waals surface area contributed by atoms with E-state index in [1.54, 1.807) is 0 Å². The first-order valence-corrected chi connectivity index (χ1v) is 5.42. The predicted molar refractivity (Wildman–Crippen MR) is 54.8 cm³/mol. The molecule has 0 aliphatic heterocycles. The van der Waals surface area contributed by atoms with Gasteiger partial charge in [-0.25, -0.2) is 0 Å². The molecule has 0 heterocycles. The molecular weight excluding hydrogens is 160 g/mol. The van der Waals surface area contributed by atoms with Gasteiger partial charge in [0.2, 0.25) is 0 Å². The van der Waals surface area contributed by atoms with E-state index in [1.165, 1.54) is 25.7 Å². The molecule has 2 heteroatoms. The van der Waals surface area contributed by atoms with E-state index >= 15 is 0 Å². The summed E-state index contributed by atoms with van der Waals surface area (Å²) in [6.45, 7) is 0. The summed E-state index contributed by atoms with van der Waals surface area (Å²) in [5.74, 6) is 1.68. The summed E-state index contributed by atoms with van der Waals surface area (Å²) >= 11 is 0. The maximum atomic E-state index is 7.73. The van der Waals surface area contributed by atoms with Gasteiger partial charge in [0, 0.05) is 0 Å². The average molecular weight is 178 g/mol. The second kappa shape index (κ2) is 3.60. The summed E-state index contributed by atoms with van der Waals surface area (Å²) in [4.78, 5) is 0. The van der Waals surface area contributed by atoms with E-state index in [0.717, 1.165) is 31.1 Å². The number of nitrogens with one attached hydrogen (secondary N) is 2. The zero-order valence-corrected chi connectivity index (χ0v) is 8.10. The molecule has 2 N–H and O–H groups in total. The van der Waals surface area contributed by atoms with Crippen molar-refractivity contribution >= 4 is 11.4 Å². The van der Waals surface area contributed by atoms with Crippen LogP contribution in [-0.2, 0) is 0 Å². The van der Waals surface area contributed by atoms with Crippen molar-refractivity contribution in [2.24, 2.45) is 11.8 Å². The molecule has 2 aliphatic rings. The van der Waals surface area contributed by atoms with Crippen molar-refractivity contribution in [2.75, 3.05) is 0 Å². The zero-order chi connectivity index (χ0) is 9.26. The van der Waals surface area contributed by atoms with Crippen molar-refractivity contribution in [3.8, 4) is 0 Å². The van der Waals surface area contributed by atoms with Crippen LogP contribution in [0.5, 0.6) is 0 Å². The molecule has 13 heavy (non-hydrogen) atoms. The van der Waals surface area contributed by atoms with Gasteiger partial charge in [0.25, 0.3) is 0 Å². The van der Waals surface area contributed by atoms with Crippen LogP contribution in [0.25, 0.3) is 0 Å². The highest BCUT2D eigenvalue weighted by molar-refractivity contribution is 6.39. The third-order valence-electron chi connectivity index (χ3n) is 3.40. The first kappa shape index (κ1) is 8.92. The largest absolute Gasteiger partial charge is 0.303 e. The van der Waals surface area contributed by atoms with Crippen LogP contribution in [0.4, 0.5) is 0 Å². The Labute approximate surface area is 79.7 Å². The molecule has 2 nitrogen and oxygen atoms in total. The Kier molecular flexibility index (Phi) is 2.47. The van der Waals surface area contributed by atoms with E-state index in [9.17, 15) is 0 Å². The van der Waals surface area contributed by atoms with Gasteiger partial charge in [-0.15, -0.1) is 0 Å². The number of rotatable bonds is 0. The highest BCUT2D eigenvalue weighted by atomic mass is 14.5.